The summed E-state index contributed by atoms with van der Waals surface area (Å²) >= 11 is 12.2. The molecule has 7 heteroatoms. The minimum Gasteiger partial charge on any atom is -0.353 e. The van der Waals surface area contributed by atoms with Gasteiger partial charge in [-0.2, -0.15) is 0 Å². The van der Waals surface area contributed by atoms with Crippen molar-refractivity contribution in [3.63, 3.8) is 0 Å². The Morgan fingerprint density at radius 1 is 0.955 bits per heavy atom. The summed E-state index contributed by atoms with van der Waals surface area (Å²) in [4.78, 5) is 0. The molecule has 0 amide bonds. The van der Waals surface area contributed by atoms with Crippen LogP contribution in [-0.4, -0.2) is 14.2 Å². The molecule has 0 atom stereocenters. The lowest BCUT2D eigenvalue weighted by Gasteiger charge is -2.11. The second-order valence-electron chi connectivity index (χ2n) is 4.72. The molecule has 0 aliphatic rings. The van der Waals surface area contributed by atoms with Crippen LogP contribution in [0.2, 0.25) is 10.0 Å². The molecule has 2 N–H and O–H groups in total. The molecule has 0 radical (unpaired) electrons. The molecule has 0 saturated carbocycles. The van der Waals surface area contributed by atoms with E-state index >= 15 is 0 Å². The fraction of sp³-hybridized carbons (Fsp3) is 0.200. The van der Waals surface area contributed by atoms with E-state index in [1.807, 2.05) is 6.92 Å². The maximum Gasteiger partial charge on any atom is 0.232 e. The number of benzene rings is 2. The summed E-state index contributed by atoms with van der Waals surface area (Å²) in [5, 5.41) is 4.14. The van der Waals surface area contributed by atoms with Crippen molar-refractivity contribution in [3.8, 4) is 0 Å². The zero-order valence-electron chi connectivity index (χ0n) is 11.9. The third-order valence-corrected chi connectivity index (χ3v) is 4.99. The Morgan fingerprint density at radius 2 is 1.50 bits per heavy atom. The van der Waals surface area contributed by atoms with Gasteiger partial charge in [-0.1, -0.05) is 36.2 Å². The van der Waals surface area contributed by atoms with Crippen LogP contribution >= 0.6 is 23.2 Å². The minimum atomic E-state index is -3.28. The quantitative estimate of drug-likeness (QED) is 0.772. The second kappa shape index (κ2) is 7.22. The first-order valence-corrected chi connectivity index (χ1v) is 9.13. The van der Waals surface area contributed by atoms with Crippen LogP contribution in [0.1, 0.15) is 13.3 Å². The van der Waals surface area contributed by atoms with Gasteiger partial charge in [-0.15, -0.1) is 0 Å². The summed E-state index contributed by atoms with van der Waals surface area (Å²) in [6.07, 6.45) is 0.569. The van der Waals surface area contributed by atoms with E-state index in [-0.39, 0.29) is 5.75 Å². The summed E-state index contributed by atoms with van der Waals surface area (Å²) in [7, 11) is -3.28. The predicted molar refractivity (Wildman–Crippen MR) is 93.9 cm³/mol. The molecule has 0 unspecified atom stereocenters. The summed E-state index contributed by atoms with van der Waals surface area (Å²) < 4.78 is 25.9. The molecule has 0 aromatic heterocycles. The van der Waals surface area contributed by atoms with Crippen LogP contribution in [0.4, 0.5) is 17.1 Å². The summed E-state index contributed by atoms with van der Waals surface area (Å²) in [5.41, 5.74) is 1.89. The highest BCUT2D eigenvalue weighted by molar-refractivity contribution is 7.92. The molecule has 0 spiro atoms. The van der Waals surface area contributed by atoms with Crippen LogP contribution in [0.3, 0.4) is 0 Å². The highest BCUT2D eigenvalue weighted by Crippen LogP contribution is 2.32. The molecule has 0 fully saturated rings. The van der Waals surface area contributed by atoms with Gasteiger partial charge in [-0.3, -0.25) is 4.72 Å². The number of anilines is 3. The Hall–Kier alpha value is -1.43. The van der Waals surface area contributed by atoms with E-state index in [1.54, 1.807) is 42.5 Å². The molecule has 2 aromatic rings. The van der Waals surface area contributed by atoms with E-state index in [1.165, 1.54) is 0 Å². The van der Waals surface area contributed by atoms with Crippen LogP contribution < -0.4 is 10.0 Å². The molecule has 2 rings (SSSR count). The van der Waals surface area contributed by atoms with Gasteiger partial charge in [0, 0.05) is 11.4 Å². The number of sulfonamides is 1. The predicted octanol–water partition coefficient (Wildman–Crippen LogP) is 4.89. The fourth-order valence-electron chi connectivity index (χ4n) is 1.88. The molecule has 0 bridgehead atoms. The summed E-state index contributed by atoms with van der Waals surface area (Å²) in [6, 6.07) is 12.1. The molecular formula is C15H16Cl2N2O2S. The highest BCUT2D eigenvalue weighted by atomic mass is 35.5. The maximum atomic E-state index is 11.7. The van der Waals surface area contributed by atoms with Gasteiger partial charge >= 0.3 is 0 Å². The molecular weight excluding hydrogens is 343 g/mol. The molecule has 22 heavy (non-hydrogen) atoms. The van der Waals surface area contributed by atoms with E-state index in [0.717, 1.165) is 5.69 Å². The summed E-state index contributed by atoms with van der Waals surface area (Å²) in [6.45, 7) is 1.82. The Labute approximate surface area is 140 Å². The van der Waals surface area contributed by atoms with Gasteiger partial charge in [-0.05, 0) is 42.8 Å². The van der Waals surface area contributed by atoms with Gasteiger partial charge < -0.3 is 5.32 Å². The van der Waals surface area contributed by atoms with E-state index < -0.39 is 10.0 Å². The van der Waals surface area contributed by atoms with Crippen LogP contribution in [0.25, 0.3) is 0 Å². The van der Waals surface area contributed by atoms with Crippen molar-refractivity contribution in [1.29, 1.82) is 0 Å². The van der Waals surface area contributed by atoms with Crippen LogP contribution in [0.15, 0.2) is 42.5 Å². The lowest BCUT2D eigenvalue weighted by atomic mass is 10.2. The van der Waals surface area contributed by atoms with Crippen molar-refractivity contribution in [2.45, 2.75) is 13.3 Å². The largest absolute Gasteiger partial charge is 0.353 e. The Bertz CT molecular complexity index is 726. The lowest BCUT2D eigenvalue weighted by molar-refractivity contribution is 0.600. The molecule has 4 nitrogen and oxygen atoms in total. The van der Waals surface area contributed by atoms with Crippen LogP contribution in [-0.2, 0) is 10.0 Å². The first-order valence-electron chi connectivity index (χ1n) is 6.73. The number of hydrogen-bond acceptors (Lipinski definition) is 3. The van der Waals surface area contributed by atoms with E-state index in [0.29, 0.717) is 27.8 Å². The fourth-order valence-corrected chi connectivity index (χ4v) is 3.51. The summed E-state index contributed by atoms with van der Waals surface area (Å²) in [5.74, 6) is 0.0994. The Morgan fingerprint density at radius 3 is 2.05 bits per heavy atom. The Balaban J connectivity index is 2.13. The van der Waals surface area contributed by atoms with E-state index in [9.17, 15) is 8.42 Å². The number of rotatable bonds is 6. The minimum absolute atomic E-state index is 0.0994. The van der Waals surface area contributed by atoms with E-state index in [2.05, 4.69) is 10.0 Å². The van der Waals surface area contributed by atoms with Crippen molar-refractivity contribution in [3.05, 3.63) is 52.5 Å². The SMILES string of the molecule is CCCS(=O)(=O)Nc1ccc(Nc2c(Cl)cccc2Cl)cc1. The normalized spacial score (nSPS) is 11.2. The van der Waals surface area contributed by atoms with Gasteiger partial charge in [0.15, 0.2) is 0 Å². The van der Waals surface area contributed by atoms with Gasteiger partial charge in [0.25, 0.3) is 0 Å². The highest BCUT2D eigenvalue weighted by Gasteiger charge is 2.09. The first-order chi connectivity index (χ1) is 10.4. The zero-order valence-corrected chi connectivity index (χ0v) is 14.3. The number of hydrogen-bond donors (Lipinski definition) is 2. The average Bonchev–Trinajstić information content (AvgIpc) is 2.44. The van der Waals surface area contributed by atoms with Crippen molar-refractivity contribution in [2.24, 2.45) is 0 Å². The topological polar surface area (TPSA) is 58.2 Å². The van der Waals surface area contributed by atoms with Crippen molar-refractivity contribution in [2.75, 3.05) is 15.8 Å². The standard InChI is InChI=1S/C15H16Cl2N2O2S/c1-2-10-22(20,21)19-12-8-6-11(7-9-12)18-15-13(16)4-3-5-14(15)17/h3-9,18-19H,2,10H2,1H3. The number of halogens is 2. The molecule has 0 saturated heterocycles. The smallest absolute Gasteiger partial charge is 0.232 e. The lowest BCUT2D eigenvalue weighted by Crippen LogP contribution is -2.15. The third-order valence-electron chi connectivity index (χ3n) is 2.86. The molecule has 0 aliphatic heterocycles. The van der Waals surface area contributed by atoms with E-state index in [4.69, 9.17) is 23.2 Å². The average molecular weight is 359 g/mol. The van der Waals surface area contributed by atoms with Crippen molar-refractivity contribution in [1.82, 2.24) is 0 Å². The Kier molecular flexibility index (Phi) is 5.56. The third kappa shape index (κ3) is 4.53. The van der Waals surface area contributed by atoms with Gasteiger partial charge in [0.05, 0.1) is 21.5 Å². The van der Waals surface area contributed by atoms with Crippen molar-refractivity contribution >= 4 is 50.3 Å². The zero-order chi connectivity index (χ0) is 16.2. The maximum absolute atomic E-state index is 11.7. The van der Waals surface area contributed by atoms with Crippen molar-refractivity contribution < 1.29 is 8.42 Å². The van der Waals surface area contributed by atoms with Crippen LogP contribution in [0, 0.1) is 0 Å². The van der Waals surface area contributed by atoms with Gasteiger partial charge in [-0.25, -0.2) is 8.42 Å². The first kappa shape index (κ1) is 16.9. The molecule has 0 aliphatic carbocycles. The van der Waals surface area contributed by atoms with Gasteiger partial charge in [0.1, 0.15) is 0 Å². The van der Waals surface area contributed by atoms with Crippen LogP contribution in [0.5, 0.6) is 0 Å². The number of para-hydroxylation sites is 1. The molecule has 118 valence electrons. The van der Waals surface area contributed by atoms with Gasteiger partial charge in [0.2, 0.25) is 10.0 Å². The molecule has 0 heterocycles. The number of nitrogens with one attached hydrogen (secondary N) is 2. The molecule has 2 aromatic carbocycles. The monoisotopic (exact) mass is 358 g/mol. The second-order valence-corrected chi connectivity index (χ2v) is 7.38.